The fraction of sp³-hybridized carbons (Fsp3) is 0.333. The molecule has 188 valence electrons. The summed E-state index contributed by atoms with van der Waals surface area (Å²) < 4.78 is 5.16. The summed E-state index contributed by atoms with van der Waals surface area (Å²) in [5.74, 6) is -1.87. The molecule has 2 aromatic carbocycles. The first kappa shape index (κ1) is 25.4. The van der Waals surface area contributed by atoms with Crippen molar-refractivity contribution in [2.24, 2.45) is 0 Å². The zero-order chi connectivity index (χ0) is 25.8. The van der Waals surface area contributed by atoms with Crippen molar-refractivity contribution in [1.82, 2.24) is 4.90 Å². The van der Waals surface area contributed by atoms with Gasteiger partial charge in [0.05, 0.1) is 17.4 Å². The second kappa shape index (κ2) is 11.0. The molecule has 0 unspecified atom stereocenters. The summed E-state index contributed by atoms with van der Waals surface area (Å²) in [6, 6.07) is 12.7. The topological polar surface area (TPSA) is 96.0 Å². The highest BCUT2D eigenvalue weighted by molar-refractivity contribution is 6.53. The van der Waals surface area contributed by atoms with Crippen LogP contribution in [0.25, 0.3) is 0 Å². The van der Waals surface area contributed by atoms with Gasteiger partial charge in [-0.3, -0.25) is 14.4 Å². The standard InChI is InChI=1S/C27H28ClN3O5/c1-17(2)36-27(35)18-10-12-21(13-11-18)31-25(33)22(28)23(26(31)34)29-20-9-7-8-19(16-20)24(32)30-14-5-3-4-6-15-30/h7-13,16-17,29H,3-6,14-15H2,1-2H3. The summed E-state index contributed by atoms with van der Waals surface area (Å²) in [5, 5.41) is 2.67. The first-order valence-electron chi connectivity index (χ1n) is 12.0. The maximum Gasteiger partial charge on any atom is 0.338 e. The fourth-order valence-corrected chi connectivity index (χ4v) is 4.42. The number of nitrogens with zero attached hydrogens (tertiary/aromatic N) is 2. The molecule has 1 saturated heterocycles. The summed E-state index contributed by atoms with van der Waals surface area (Å²) in [6.45, 7) is 4.94. The number of anilines is 2. The third-order valence-electron chi connectivity index (χ3n) is 6.00. The molecule has 1 N–H and O–H groups in total. The Labute approximate surface area is 214 Å². The molecule has 3 amide bonds. The van der Waals surface area contributed by atoms with E-state index in [1.807, 2.05) is 4.90 Å². The molecule has 1 fully saturated rings. The maximum absolute atomic E-state index is 13.1. The minimum Gasteiger partial charge on any atom is -0.459 e. The monoisotopic (exact) mass is 509 g/mol. The highest BCUT2D eigenvalue weighted by Crippen LogP contribution is 2.30. The summed E-state index contributed by atoms with van der Waals surface area (Å²) in [5.41, 5.74) is 1.46. The van der Waals surface area contributed by atoms with Crippen LogP contribution in [0.15, 0.2) is 59.3 Å². The molecule has 0 saturated carbocycles. The van der Waals surface area contributed by atoms with E-state index in [0.717, 1.165) is 43.7 Å². The SMILES string of the molecule is CC(C)OC(=O)c1ccc(N2C(=O)C(Cl)=C(Nc3cccc(C(=O)N4CCCCCC4)c3)C2=O)cc1. The Morgan fingerprint density at radius 3 is 2.22 bits per heavy atom. The molecule has 0 radical (unpaired) electrons. The van der Waals surface area contributed by atoms with Crippen LogP contribution in [0, 0.1) is 0 Å². The van der Waals surface area contributed by atoms with Crippen molar-refractivity contribution >= 4 is 46.7 Å². The van der Waals surface area contributed by atoms with Gasteiger partial charge in [-0.2, -0.15) is 0 Å². The smallest absolute Gasteiger partial charge is 0.338 e. The summed E-state index contributed by atoms with van der Waals surface area (Å²) >= 11 is 6.26. The van der Waals surface area contributed by atoms with Crippen molar-refractivity contribution in [3.8, 4) is 0 Å². The van der Waals surface area contributed by atoms with Gasteiger partial charge in [-0.05, 0) is 69.2 Å². The summed E-state index contributed by atoms with van der Waals surface area (Å²) in [6.07, 6.45) is 3.94. The second-order valence-electron chi connectivity index (χ2n) is 9.05. The third-order valence-corrected chi connectivity index (χ3v) is 6.35. The van der Waals surface area contributed by atoms with Crippen LogP contribution in [0.5, 0.6) is 0 Å². The number of nitrogens with one attached hydrogen (secondary N) is 1. The molecule has 2 aliphatic heterocycles. The number of hydrogen-bond donors (Lipinski definition) is 1. The predicted octanol–water partition coefficient (Wildman–Crippen LogP) is 4.70. The quantitative estimate of drug-likeness (QED) is 0.448. The van der Waals surface area contributed by atoms with Crippen molar-refractivity contribution in [3.63, 3.8) is 0 Å². The molecule has 0 aliphatic carbocycles. The van der Waals surface area contributed by atoms with E-state index in [1.54, 1.807) is 38.1 Å². The average Bonchev–Trinajstić information content (AvgIpc) is 3.06. The van der Waals surface area contributed by atoms with Gasteiger partial charge in [0, 0.05) is 24.3 Å². The van der Waals surface area contributed by atoms with E-state index in [2.05, 4.69) is 5.32 Å². The Bertz CT molecular complexity index is 1210. The van der Waals surface area contributed by atoms with Crippen LogP contribution in [0.2, 0.25) is 0 Å². The number of benzene rings is 2. The molecule has 0 bridgehead atoms. The number of hydrogen-bond acceptors (Lipinski definition) is 6. The van der Waals surface area contributed by atoms with Gasteiger partial charge in [0.25, 0.3) is 17.7 Å². The highest BCUT2D eigenvalue weighted by Gasteiger charge is 2.39. The number of likely N-dealkylation sites (tertiary alicyclic amines) is 1. The van der Waals surface area contributed by atoms with Crippen molar-refractivity contribution in [3.05, 3.63) is 70.4 Å². The van der Waals surface area contributed by atoms with E-state index in [0.29, 0.717) is 16.8 Å². The summed E-state index contributed by atoms with van der Waals surface area (Å²) in [7, 11) is 0. The van der Waals surface area contributed by atoms with E-state index < -0.39 is 17.8 Å². The normalized spacial score (nSPS) is 16.4. The Kier molecular flexibility index (Phi) is 7.74. The van der Waals surface area contributed by atoms with Crippen molar-refractivity contribution in [2.75, 3.05) is 23.3 Å². The predicted molar refractivity (Wildman–Crippen MR) is 137 cm³/mol. The lowest BCUT2D eigenvalue weighted by Crippen LogP contribution is -2.32. The van der Waals surface area contributed by atoms with Gasteiger partial charge in [0.2, 0.25) is 0 Å². The van der Waals surface area contributed by atoms with E-state index >= 15 is 0 Å². The Hall–Kier alpha value is -3.65. The molecule has 0 atom stereocenters. The van der Waals surface area contributed by atoms with Crippen LogP contribution in [0.4, 0.5) is 11.4 Å². The van der Waals surface area contributed by atoms with Gasteiger partial charge in [0.15, 0.2) is 0 Å². The van der Waals surface area contributed by atoms with Gasteiger partial charge < -0.3 is 15.0 Å². The molecule has 0 spiro atoms. The van der Waals surface area contributed by atoms with Crippen LogP contribution in [0.1, 0.15) is 60.2 Å². The lowest BCUT2D eigenvalue weighted by atomic mass is 10.1. The number of esters is 1. The molecule has 9 heteroatoms. The van der Waals surface area contributed by atoms with Crippen LogP contribution in [-0.4, -0.2) is 47.8 Å². The first-order valence-corrected chi connectivity index (χ1v) is 12.4. The Morgan fingerprint density at radius 1 is 0.917 bits per heavy atom. The van der Waals surface area contributed by atoms with Crippen molar-refractivity contribution in [1.29, 1.82) is 0 Å². The largest absolute Gasteiger partial charge is 0.459 e. The van der Waals surface area contributed by atoms with E-state index in [1.165, 1.54) is 24.3 Å². The molecule has 2 heterocycles. The average molecular weight is 510 g/mol. The van der Waals surface area contributed by atoms with Crippen molar-refractivity contribution in [2.45, 2.75) is 45.6 Å². The lowest BCUT2D eigenvalue weighted by Gasteiger charge is -2.20. The van der Waals surface area contributed by atoms with Crippen LogP contribution in [0.3, 0.4) is 0 Å². The molecule has 4 rings (SSSR count). The second-order valence-corrected chi connectivity index (χ2v) is 9.43. The van der Waals surface area contributed by atoms with Gasteiger partial charge in [-0.25, -0.2) is 9.69 Å². The molecular formula is C27H28ClN3O5. The molecule has 36 heavy (non-hydrogen) atoms. The Morgan fingerprint density at radius 2 is 1.58 bits per heavy atom. The zero-order valence-corrected chi connectivity index (χ0v) is 21.0. The molecule has 8 nitrogen and oxygen atoms in total. The molecule has 2 aromatic rings. The lowest BCUT2D eigenvalue weighted by molar-refractivity contribution is -0.120. The van der Waals surface area contributed by atoms with Crippen molar-refractivity contribution < 1.29 is 23.9 Å². The number of ether oxygens (including phenoxy) is 1. The van der Waals surface area contributed by atoms with Gasteiger partial charge >= 0.3 is 5.97 Å². The number of imide groups is 1. The Balaban J connectivity index is 1.50. The zero-order valence-electron chi connectivity index (χ0n) is 20.3. The first-order chi connectivity index (χ1) is 17.3. The minimum absolute atomic E-state index is 0.0628. The fourth-order valence-electron chi connectivity index (χ4n) is 4.21. The number of amides is 3. The van der Waals surface area contributed by atoms with Crippen LogP contribution >= 0.6 is 11.6 Å². The molecule has 2 aliphatic rings. The molecular weight excluding hydrogens is 482 g/mol. The van der Waals surface area contributed by atoms with Gasteiger partial charge in [0.1, 0.15) is 10.7 Å². The number of rotatable bonds is 6. The van der Waals surface area contributed by atoms with E-state index in [-0.39, 0.29) is 28.4 Å². The number of halogens is 1. The van der Waals surface area contributed by atoms with E-state index in [4.69, 9.17) is 16.3 Å². The highest BCUT2D eigenvalue weighted by atomic mass is 35.5. The van der Waals surface area contributed by atoms with Crippen LogP contribution in [-0.2, 0) is 14.3 Å². The van der Waals surface area contributed by atoms with Crippen LogP contribution < -0.4 is 10.2 Å². The number of carbonyl (C=O) groups is 4. The number of carbonyl (C=O) groups excluding carboxylic acids is 4. The third kappa shape index (κ3) is 5.44. The molecule has 0 aromatic heterocycles. The minimum atomic E-state index is -0.682. The van der Waals surface area contributed by atoms with E-state index in [9.17, 15) is 19.2 Å². The van der Waals surface area contributed by atoms with Gasteiger partial charge in [-0.15, -0.1) is 0 Å². The maximum atomic E-state index is 13.1. The summed E-state index contributed by atoms with van der Waals surface area (Å²) in [4.78, 5) is 53.8. The van der Waals surface area contributed by atoms with Gasteiger partial charge in [-0.1, -0.05) is 30.5 Å².